The van der Waals surface area contributed by atoms with Gasteiger partial charge in [0.15, 0.2) is 0 Å². The number of thiazole rings is 2. The van der Waals surface area contributed by atoms with Gasteiger partial charge in [-0.3, -0.25) is 28.8 Å². The molecule has 21 nitrogen and oxygen atoms in total. The number of aliphatic carboxylic acids is 1. The molecule has 89 heavy (non-hydrogen) atoms. The summed E-state index contributed by atoms with van der Waals surface area (Å²) in [5.74, 6) is -2.43. The van der Waals surface area contributed by atoms with Gasteiger partial charge in [-0.25, -0.2) is 9.97 Å². The van der Waals surface area contributed by atoms with Gasteiger partial charge < -0.3 is 65.8 Å². The van der Waals surface area contributed by atoms with E-state index in [1.165, 1.54) is 41.9 Å². The van der Waals surface area contributed by atoms with Crippen molar-refractivity contribution >= 4 is 58.2 Å². The lowest BCUT2D eigenvalue weighted by atomic mass is 9.85. The molecule has 2 saturated heterocycles. The molecule has 2 aliphatic heterocycles. The molecule has 2 aliphatic rings. The van der Waals surface area contributed by atoms with Crippen molar-refractivity contribution in [3.63, 3.8) is 0 Å². The van der Waals surface area contributed by atoms with Crippen molar-refractivity contribution in [2.24, 2.45) is 16.6 Å². The molecule has 0 saturated carbocycles. The number of ether oxygens (including phenoxy) is 4. The maximum absolute atomic E-state index is 13.8. The summed E-state index contributed by atoms with van der Waals surface area (Å²) < 4.78 is 21.5. The zero-order valence-electron chi connectivity index (χ0n) is 54.3. The van der Waals surface area contributed by atoms with Crippen LogP contribution in [0.3, 0.4) is 0 Å². The summed E-state index contributed by atoms with van der Waals surface area (Å²) in [6, 6.07) is 12.7. The molecule has 0 spiro atoms. The number of carboxylic acids is 1. The minimum atomic E-state index is -0.871. The molecular weight excluding hydrogens is 1180 g/mol. The van der Waals surface area contributed by atoms with Gasteiger partial charge in [-0.2, -0.15) is 0 Å². The van der Waals surface area contributed by atoms with E-state index < -0.39 is 53.2 Å². The Hall–Kier alpha value is -5.76. The van der Waals surface area contributed by atoms with Gasteiger partial charge in [-0.15, -0.1) is 22.7 Å². The topological polar surface area (TPSA) is 294 Å². The predicted molar refractivity (Wildman–Crippen MR) is 348 cm³/mol. The van der Waals surface area contributed by atoms with E-state index in [2.05, 4.69) is 39.8 Å². The van der Waals surface area contributed by atoms with Crippen LogP contribution in [0.2, 0.25) is 0 Å². The monoisotopic (exact) mass is 1280 g/mol. The summed E-state index contributed by atoms with van der Waals surface area (Å²) in [6.07, 6.45) is 8.40. The number of aliphatic hydroxyl groups excluding tert-OH is 2. The van der Waals surface area contributed by atoms with Crippen molar-refractivity contribution < 1.29 is 63.0 Å². The van der Waals surface area contributed by atoms with E-state index in [4.69, 9.17) is 29.8 Å². The van der Waals surface area contributed by atoms with Crippen molar-refractivity contribution in [2.75, 3.05) is 65.9 Å². The van der Waals surface area contributed by atoms with Crippen LogP contribution in [0.4, 0.5) is 0 Å². The number of aliphatic hydroxyl groups is 2. The Morgan fingerprint density at radius 2 is 0.989 bits per heavy atom. The molecule has 8 N–H and O–H groups in total. The number of rotatable bonds is 33. The summed E-state index contributed by atoms with van der Waals surface area (Å²) in [6.45, 7) is 24.3. The minimum absolute atomic E-state index is 0.0316. The van der Waals surface area contributed by atoms with Crippen LogP contribution >= 0.6 is 22.7 Å². The fourth-order valence-electron chi connectivity index (χ4n) is 9.76. The maximum atomic E-state index is 13.8. The number of hydrogen-bond donors (Lipinski definition) is 7. The standard InChI is InChI=1S/C33H50N4O6S.C22H30N4O3S.C11H22O4/c1-6-7-8-9-15-42-17-18-43-16-14-28(39)36-30(33(3,4)5)32(41)37-21-26(38)19-27(37)31(40)34-20-24-10-12-25(13-11-24)29-23(2)35-22-44-29;1-13-18(30-12-25-13)15-7-5-14(6-8-15)10-24-20(28)17-9-16(27)11-26(17)21(29)19(23)22(2,3)4;1-2-3-4-5-7-14-9-10-15-8-6-11(12)13/h10-13,22,26-27,30,38H,6-9,14-21H2,1-5H3,(H,34,40)(H,36,39);5-8,12,16-17,19,27H,9-11,23H2,1-4H3,(H,24,28);2-10H2,1H3,(H,12,13)/t26-,27+,30-;16-,17+,19-;/m11./s1. The number of carbonyl (C=O) groups excluding carboxylic acids is 5. The van der Waals surface area contributed by atoms with Crippen molar-refractivity contribution in [1.82, 2.24) is 35.7 Å². The summed E-state index contributed by atoms with van der Waals surface area (Å²) in [4.78, 5) is 89.2. The summed E-state index contributed by atoms with van der Waals surface area (Å²) in [7, 11) is 0. The lowest BCUT2D eigenvalue weighted by Gasteiger charge is -2.35. The number of amides is 5. The Morgan fingerprint density at radius 3 is 1.36 bits per heavy atom. The second kappa shape index (κ2) is 39.5. The van der Waals surface area contributed by atoms with Gasteiger partial charge in [0.1, 0.15) is 18.1 Å². The molecule has 6 rings (SSSR count). The first-order valence-corrected chi connectivity index (χ1v) is 33.2. The van der Waals surface area contributed by atoms with E-state index >= 15 is 0 Å². The Kier molecular flexibility index (Phi) is 33.6. The summed E-state index contributed by atoms with van der Waals surface area (Å²) in [5, 5.41) is 37.5. The van der Waals surface area contributed by atoms with Gasteiger partial charge in [0, 0.05) is 58.7 Å². The van der Waals surface area contributed by atoms with E-state index in [0.29, 0.717) is 46.1 Å². The first-order valence-electron chi connectivity index (χ1n) is 31.4. The van der Waals surface area contributed by atoms with Gasteiger partial charge in [0.2, 0.25) is 29.5 Å². The number of benzene rings is 2. The van der Waals surface area contributed by atoms with E-state index in [-0.39, 0.29) is 81.5 Å². The van der Waals surface area contributed by atoms with Crippen LogP contribution in [-0.2, 0) is 60.8 Å². The average Bonchev–Trinajstić information content (AvgIpc) is 4.54. The quantitative estimate of drug-likeness (QED) is 0.0220. The highest BCUT2D eigenvalue weighted by Gasteiger charge is 2.45. The largest absolute Gasteiger partial charge is 0.481 e. The van der Waals surface area contributed by atoms with Crippen LogP contribution in [0.25, 0.3) is 20.9 Å². The first-order chi connectivity index (χ1) is 42.4. The average molecular weight is 1280 g/mol. The van der Waals surface area contributed by atoms with Crippen LogP contribution in [0.1, 0.15) is 155 Å². The zero-order valence-corrected chi connectivity index (χ0v) is 55.9. The van der Waals surface area contributed by atoms with Gasteiger partial charge in [-0.1, -0.05) is 142 Å². The van der Waals surface area contributed by atoms with Crippen molar-refractivity contribution in [2.45, 2.75) is 196 Å². The highest BCUT2D eigenvalue weighted by atomic mass is 32.1. The predicted octanol–water partition coefficient (Wildman–Crippen LogP) is 8.38. The first kappa shape index (κ1) is 75.7. The molecule has 4 aromatic rings. The second-order valence-electron chi connectivity index (χ2n) is 24.8. The second-order valence-corrected chi connectivity index (χ2v) is 26.5. The normalized spacial score (nSPS) is 17.2. The van der Waals surface area contributed by atoms with Crippen LogP contribution in [-0.4, -0.2) is 173 Å². The van der Waals surface area contributed by atoms with Gasteiger partial charge in [-0.05, 0) is 59.8 Å². The van der Waals surface area contributed by atoms with Crippen LogP contribution in [0, 0.1) is 24.7 Å². The molecular formula is C66H102N8O13S2. The van der Waals surface area contributed by atoms with E-state index in [1.807, 2.05) is 115 Å². The number of carbonyl (C=O) groups is 6. The summed E-state index contributed by atoms with van der Waals surface area (Å²) in [5.41, 5.74) is 14.7. The number of nitrogens with one attached hydrogen (secondary N) is 3. The van der Waals surface area contributed by atoms with Gasteiger partial charge >= 0.3 is 5.97 Å². The molecule has 2 aromatic carbocycles. The van der Waals surface area contributed by atoms with E-state index in [1.54, 1.807) is 22.7 Å². The molecule has 2 aromatic heterocycles. The number of hydrogen-bond acceptors (Lipinski definition) is 17. The van der Waals surface area contributed by atoms with Crippen LogP contribution in [0.15, 0.2) is 59.6 Å². The Balaban J connectivity index is 0.000000323. The SMILES string of the molecule is CCCCCCOCCOCCC(=O)N[C@H](C(=O)N1C[C@H](O)C[C@H]1C(=O)NCc1ccc(-c2scnc2C)cc1)C(C)(C)C.CCCCCCOCCOCCC(=O)O.Cc1ncsc1-c1ccc(CNC(=O)[C@@H]2C[C@@H](O)CN2C(=O)[C@@H](N)C(C)(C)C)cc1. The van der Waals surface area contributed by atoms with Crippen LogP contribution in [0.5, 0.6) is 0 Å². The number of β-amino-alcohol motifs (C(OH)–C–C–N with tert-alkyl or cyclic N) is 2. The van der Waals surface area contributed by atoms with Gasteiger partial charge in [0.05, 0.1) is 96.5 Å². The van der Waals surface area contributed by atoms with Crippen molar-refractivity contribution in [1.29, 1.82) is 0 Å². The molecule has 23 heteroatoms. The number of nitrogens with zero attached hydrogens (tertiary/aromatic N) is 4. The molecule has 2 fully saturated rings. The number of unbranched alkanes of at least 4 members (excludes halogenated alkanes) is 6. The number of aromatic nitrogens is 2. The molecule has 4 heterocycles. The van der Waals surface area contributed by atoms with Crippen LogP contribution < -0.4 is 21.7 Å². The molecule has 0 unspecified atom stereocenters. The Labute approximate surface area is 535 Å². The number of carboxylic acid groups (broad SMARTS) is 1. The highest BCUT2D eigenvalue weighted by Crippen LogP contribution is 2.31. The fraction of sp³-hybridized carbons (Fsp3) is 0.636. The number of nitrogens with two attached hydrogens (primary N) is 1. The van der Waals surface area contributed by atoms with Crippen molar-refractivity contribution in [3.05, 3.63) is 82.1 Å². The molecule has 0 radical (unpaired) electrons. The number of aryl methyl sites for hydroxylation is 2. The fourth-order valence-corrected chi connectivity index (χ4v) is 11.4. The third-order valence-corrected chi connectivity index (χ3v) is 17.1. The molecule has 6 atom stereocenters. The van der Waals surface area contributed by atoms with Crippen molar-refractivity contribution in [3.8, 4) is 20.9 Å². The molecule has 0 bridgehead atoms. The van der Waals surface area contributed by atoms with Gasteiger partial charge in [0.25, 0.3) is 0 Å². The minimum Gasteiger partial charge on any atom is -0.481 e. The molecule has 496 valence electrons. The smallest absolute Gasteiger partial charge is 0.305 e. The molecule has 0 aliphatic carbocycles. The Bertz CT molecular complexity index is 2750. The van der Waals surface area contributed by atoms with E-state index in [9.17, 15) is 39.0 Å². The molecule has 5 amide bonds. The lowest BCUT2D eigenvalue weighted by molar-refractivity contribution is -0.144. The maximum Gasteiger partial charge on any atom is 0.305 e. The summed E-state index contributed by atoms with van der Waals surface area (Å²) >= 11 is 3.18. The third kappa shape index (κ3) is 26.9. The lowest BCUT2D eigenvalue weighted by Crippen LogP contribution is -2.57. The Morgan fingerprint density at radius 1 is 0.584 bits per heavy atom. The zero-order chi connectivity index (χ0) is 65.5. The number of likely N-dealkylation sites (tertiary alicyclic amines) is 2. The van der Waals surface area contributed by atoms with E-state index in [0.717, 1.165) is 69.3 Å². The third-order valence-electron chi connectivity index (χ3n) is 15.2. The highest BCUT2D eigenvalue weighted by molar-refractivity contribution is 7.13.